The Morgan fingerprint density at radius 3 is 2.10 bits per heavy atom. The van der Waals surface area contributed by atoms with Gasteiger partial charge in [-0.15, -0.1) is 12.4 Å². The zero-order chi connectivity index (χ0) is 14.5. The Morgan fingerprint density at radius 2 is 1.65 bits per heavy atom. The molecule has 2 amide bonds. The molecule has 0 bridgehead atoms. The number of nitrogens with one attached hydrogen (secondary N) is 2. The summed E-state index contributed by atoms with van der Waals surface area (Å²) in [5.41, 5.74) is 7.11. The van der Waals surface area contributed by atoms with E-state index in [0.29, 0.717) is 5.69 Å². The number of hydrogen-bond donors (Lipinski definition) is 3. The van der Waals surface area contributed by atoms with Gasteiger partial charge in [-0.1, -0.05) is 32.9 Å². The van der Waals surface area contributed by atoms with Crippen LogP contribution in [0, 0.1) is 0 Å². The van der Waals surface area contributed by atoms with Crippen molar-refractivity contribution >= 4 is 29.9 Å². The van der Waals surface area contributed by atoms with Crippen LogP contribution in [0.3, 0.4) is 0 Å². The summed E-state index contributed by atoms with van der Waals surface area (Å²) in [6.45, 7) is 6.19. The van der Waals surface area contributed by atoms with Crippen LogP contribution in [0.15, 0.2) is 24.3 Å². The summed E-state index contributed by atoms with van der Waals surface area (Å²) in [5.74, 6) is -0.622. The monoisotopic (exact) mass is 299 g/mol. The van der Waals surface area contributed by atoms with Gasteiger partial charge in [-0.25, -0.2) is 0 Å². The van der Waals surface area contributed by atoms with Crippen molar-refractivity contribution in [1.29, 1.82) is 0 Å². The summed E-state index contributed by atoms with van der Waals surface area (Å²) in [6.07, 6.45) is 0. The largest absolute Gasteiger partial charge is 0.346 e. The van der Waals surface area contributed by atoms with Gasteiger partial charge < -0.3 is 16.4 Å². The van der Waals surface area contributed by atoms with E-state index in [0.717, 1.165) is 0 Å². The Hall–Kier alpha value is -1.59. The van der Waals surface area contributed by atoms with Gasteiger partial charge in [0.15, 0.2) is 0 Å². The van der Waals surface area contributed by atoms with Gasteiger partial charge in [0, 0.05) is 5.69 Å². The molecule has 0 aliphatic heterocycles. The molecule has 0 aromatic heterocycles. The highest BCUT2D eigenvalue weighted by molar-refractivity contribution is 5.94. The van der Waals surface area contributed by atoms with Gasteiger partial charge in [0.2, 0.25) is 11.8 Å². The SMILES string of the molecule is CC(C)(C)c1ccc(NC(=O)CNC(=O)CN)cc1.Cl. The highest BCUT2D eigenvalue weighted by Gasteiger charge is 2.13. The molecule has 4 N–H and O–H groups in total. The number of rotatable bonds is 4. The molecule has 6 heteroatoms. The molecule has 0 radical (unpaired) electrons. The molecule has 0 atom stereocenters. The number of amides is 2. The van der Waals surface area contributed by atoms with E-state index in [1.165, 1.54) is 5.56 Å². The minimum Gasteiger partial charge on any atom is -0.346 e. The number of benzene rings is 1. The maximum Gasteiger partial charge on any atom is 0.243 e. The van der Waals surface area contributed by atoms with E-state index in [1.807, 2.05) is 24.3 Å². The van der Waals surface area contributed by atoms with Gasteiger partial charge in [0.05, 0.1) is 13.1 Å². The molecule has 0 heterocycles. The van der Waals surface area contributed by atoms with Crippen LogP contribution >= 0.6 is 12.4 Å². The minimum atomic E-state index is -0.349. The highest BCUT2D eigenvalue weighted by Crippen LogP contribution is 2.23. The third kappa shape index (κ3) is 6.04. The topological polar surface area (TPSA) is 84.2 Å². The third-order valence-corrected chi connectivity index (χ3v) is 2.67. The third-order valence-electron chi connectivity index (χ3n) is 2.67. The lowest BCUT2D eigenvalue weighted by Crippen LogP contribution is -2.36. The van der Waals surface area contributed by atoms with Gasteiger partial charge >= 0.3 is 0 Å². The van der Waals surface area contributed by atoms with E-state index in [2.05, 4.69) is 31.4 Å². The fourth-order valence-electron chi connectivity index (χ4n) is 1.51. The number of anilines is 1. The summed E-state index contributed by atoms with van der Waals surface area (Å²) in [7, 11) is 0. The second kappa shape index (κ2) is 7.87. The minimum absolute atomic E-state index is 0. The van der Waals surface area contributed by atoms with Gasteiger partial charge in [-0.3, -0.25) is 9.59 Å². The molecule has 0 aliphatic carbocycles. The van der Waals surface area contributed by atoms with Crippen molar-refractivity contribution in [3.05, 3.63) is 29.8 Å². The van der Waals surface area contributed by atoms with Crippen LogP contribution in [0.2, 0.25) is 0 Å². The Balaban J connectivity index is 0.00000361. The van der Waals surface area contributed by atoms with Crippen molar-refractivity contribution < 1.29 is 9.59 Å². The Labute approximate surface area is 125 Å². The Kier molecular flexibility index (Phi) is 7.24. The first-order valence-electron chi connectivity index (χ1n) is 6.20. The fourth-order valence-corrected chi connectivity index (χ4v) is 1.51. The maximum atomic E-state index is 11.5. The van der Waals surface area contributed by atoms with Crippen molar-refractivity contribution in [2.75, 3.05) is 18.4 Å². The average molecular weight is 300 g/mol. The maximum absolute atomic E-state index is 11.5. The van der Waals surface area contributed by atoms with Crippen LogP contribution in [0.4, 0.5) is 5.69 Å². The van der Waals surface area contributed by atoms with E-state index < -0.39 is 0 Å². The highest BCUT2D eigenvalue weighted by atomic mass is 35.5. The Bertz CT molecular complexity index is 452. The molecule has 20 heavy (non-hydrogen) atoms. The standard InChI is InChI=1S/C14H21N3O2.ClH/c1-14(2,3)10-4-6-11(7-5-10)17-13(19)9-16-12(18)8-15;/h4-7H,8-9,15H2,1-3H3,(H,16,18)(H,17,19);1H. The van der Waals surface area contributed by atoms with Crippen molar-refractivity contribution in [2.24, 2.45) is 5.73 Å². The number of carbonyl (C=O) groups excluding carboxylic acids is 2. The van der Waals surface area contributed by atoms with E-state index in [4.69, 9.17) is 5.73 Å². The summed E-state index contributed by atoms with van der Waals surface area (Å²) < 4.78 is 0. The van der Waals surface area contributed by atoms with Crippen LogP contribution in [0.1, 0.15) is 26.3 Å². The summed E-state index contributed by atoms with van der Waals surface area (Å²) in [5, 5.41) is 5.12. The molecule has 0 fully saturated rings. The van der Waals surface area contributed by atoms with Crippen molar-refractivity contribution in [1.82, 2.24) is 5.32 Å². The lowest BCUT2D eigenvalue weighted by molar-refractivity contribution is -0.123. The molecule has 0 saturated carbocycles. The zero-order valence-electron chi connectivity index (χ0n) is 12.0. The normalized spacial score (nSPS) is 10.4. The van der Waals surface area contributed by atoms with Crippen molar-refractivity contribution in [3.63, 3.8) is 0 Å². The fraction of sp³-hybridized carbons (Fsp3) is 0.429. The molecule has 0 unspecified atom stereocenters. The summed E-state index contributed by atoms with van der Waals surface area (Å²) in [4.78, 5) is 22.5. The molecule has 1 aromatic carbocycles. The molecule has 5 nitrogen and oxygen atoms in total. The first-order valence-corrected chi connectivity index (χ1v) is 6.20. The second-order valence-electron chi connectivity index (χ2n) is 5.36. The van der Waals surface area contributed by atoms with E-state index >= 15 is 0 Å². The van der Waals surface area contributed by atoms with Crippen LogP contribution in [-0.4, -0.2) is 24.9 Å². The average Bonchev–Trinajstić information content (AvgIpc) is 2.35. The van der Waals surface area contributed by atoms with Crippen LogP contribution in [0.5, 0.6) is 0 Å². The van der Waals surface area contributed by atoms with Gasteiger partial charge in [-0.2, -0.15) is 0 Å². The second-order valence-corrected chi connectivity index (χ2v) is 5.36. The van der Waals surface area contributed by atoms with Crippen molar-refractivity contribution in [2.45, 2.75) is 26.2 Å². The number of hydrogen-bond acceptors (Lipinski definition) is 3. The van der Waals surface area contributed by atoms with Gasteiger partial charge in [0.25, 0.3) is 0 Å². The molecule has 0 aliphatic rings. The van der Waals surface area contributed by atoms with Crippen molar-refractivity contribution in [3.8, 4) is 0 Å². The smallest absolute Gasteiger partial charge is 0.243 e. The van der Waals surface area contributed by atoms with E-state index in [-0.39, 0.29) is 42.7 Å². The molecule has 0 saturated heterocycles. The van der Waals surface area contributed by atoms with E-state index in [1.54, 1.807) is 0 Å². The molecule has 1 aromatic rings. The quantitative estimate of drug-likeness (QED) is 0.786. The Morgan fingerprint density at radius 1 is 1.10 bits per heavy atom. The molecular weight excluding hydrogens is 278 g/mol. The van der Waals surface area contributed by atoms with Gasteiger partial charge in [-0.05, 0) is 23.1 Å². The first kappa shape index (κ1) is 18.4. The van der Waals surface area contributed by atoms with E-state index in [9.17, 15) is 9.59 Å². The lowest BCUT2D eigenvalue weighted by atomic mass is 9.87. The zero-order valence-corrected chi connectivity index (χ0v) is 12.8. The van der Waals surface area contributed by atoms with Gasteiger partial charge in [0.1, 0.15) is 0 Å². The van der Waals surface area contributed by atoms with Crippen LogP contribution in [0.25, 0.3) is 0 Å². The first-order chi connectivity index (χ1) is 8.82. The van der Waals surface area contributed by atoms with Crippen LogP contribution < -0.4 is 16.4 Å². The van der Waals surface area contributed by atoms with Crippen LogP contribution in [-0.2, 0) is 15.0 Å². The lowest BCUT2D eigenvalue weighted by Gasteiger charge is -2.19. The number of halogens is 1. The number of nitrogens with two attached hydrogens (primary N) is 1. The molecule has 112 valence electrons. The summed E-state index contributed by atoms with van der Waals surface area (Å²) in [6, 6.07) is 7.66. The molecule has 1 rings (SSSR count). The summed E-state index contributed by atoms with van der Waals surface area (Å²) >= 11 is 0. The predicted octanol–water partition coefficient (Wildman–Crippen LogP) is 1.42. The predicted molar refractivity (Wildman–Crippen MR) is 83.1 cm³/mol. The number of carbonyl (C=O) groups is 2. The molecule has 0 spiro atoms. The molecular formula is C14H22ClN3O2.